The van der Waals surface area contributed by atoms with Crippen LogP contribution in [0.3, 0.4) is 0 Å². The lowest BCUT2D eigenvalue weighted by Crippen LogP contribution is -2.36. The molecule has 0 fully saturated rings. The van der Waals surface area contributed by atoms with Crippen molar-refractivity contribution in [2.75, 3.05) is 20.3 Å². The van der Waals surface area contributed by atoms with E-state index in [-0.39, 0.29) is 30.1 Å². The maximum atomic E-state index is 12.5. The average Bonchev–Trinajstić information content (AvgIpc) is 3.01. The minimum absolute atomic E-state index is 0.198. The molecule has 1 aliphatic rings. The van der Waals surface area contributed by atoms with Crippen molar-refractivity contribution in [3.8, 4) is 28.0 Å². The Morgan fingerprint density at radius 3 is 2.20 bits per heavy atom. The predicted molar refractivity (Wildman–Crippen MR) is 157 cm³/mol. The van der Waals surface area contributed by atoms with Gasteiger partial charge in [0.1, 0.15) is 29.5 Å². The van der Waals surface area contributed by atoms with Crippen molar-refractivity contribution in [1.29, 1.82) is 0 Å². The number of hydrogen-bond donors (Lipinski definition) is 0. The number of fused-ring (bicyclic) bond motifs is 2. The molecule has 5 aromatic rings. The second-order valence-corrected chi connectivity index (χ2v) is 9.79. The van der Waals surface area contributed by atoms with Crippen molar-refractivity contribution < 1.29 is 23.0 Å². The van der Waals surface area contributed by atoms with E-state index in [9.17, 15) is 9.59 Å². The highest BCUT2D eigenvalue weighted by molar-refractivity contribution is 5.82. The summed E-state index contributed by atoms with van der Waals surface area (Å²) in [6, 6.07) is 27.9. The first-order chi connectivity index (χ1) is 20.1. The molecule has 41 heavy (non-hydrogen) atoms. The van der Waals surface area contributed by atoms with Gasteiger partial charge in [0.25, 0.3) is 0 Å². The summed E-state index contributed by atoms with van der Waals surface area (Å²) in [5.41, 5.74) is 2.93. The van der Waals surface area contributed by atoms with Crippen LogP contribution in [0.15, 0.2) is 109 Å². The maximum Gasteiger partial charge on any atom is 0.344 e. The zero-order chi connectivity index (χ0) is 28.2. The molecular weight excluding hydrogens is 520 g/mol. The fourth-order valence-electron chi connectivity index (χ4n) is 4.83. The average molecular weight is 549 g/mol. The van der Waals surface area contributed by atoms with Gasteiger partial charge in [0.15, 0.2) is 0 Å². The van der Waals surface area contributed by atoms with Gasteiger partial charge < -0.3 is 23.0 Å². The molecule has 2 unspecified atom stereocenters. The molecule has 0 amide bonds. The minimum atomic E-state index is -0.383. The number of ether oxygens (including phenoxy) is 3. The Labute approximate surface area is 235 Å². The molecule has 2 heterocycles. The summed E-state index contributed by atoms with van der Waals surface area (Å²) in [7, 11) is 1.62. The third kappa shape index (κ3) is 5.91. The third-order valence-electron chi connectivity index (χ3n) is 7.05. The Bertz CT molecular complexity index is 1910. The van der Waals surface area contributed by atoms with Crippen LogP contribution in [-0.2, 0) is 9.47 Å². The van der Waals surface area contributed by atoms with Crippen LogP contribution >= 0.6 is 0 Å². The quantitative estimate of drug-likeness (QED) is 0.250. The van der Waals surface area contributed by atoms with Gasteiger partial charge in [-0.2, -0.15) is 0 Å². The van der Waals surface area contributed by atoms with Crippen molar-refractivity contribution in [1.82, 2.24) is 0 Å². The summed E-state index contributed by atoms with van der Waals surface area (Å²) in [4.78, 5) is 25.0. The summed E-state index contributed by atoms with van der Waals surface area (Å²) in [5.74, 6) is 0.627. The molecule has 0 radical (unpaired) electrons. The van der Waals surface area contributed by atoms with Crippen LogP contribution < -0.4 is 26.6 Å². The zero-order valence-corrected chi connectivity index (χ0v) is 22.4. The molecule has 2 aromatic heterocycles. The lowest BCUT2D eigenvalue weighted by molar-refractivity contribution is -0.0261. The Hall–Kier alpha value is -4.72. The summed E-state index contributed by atoms with van der Waals surface area (Å²) >= 11 is 0. The number of methoxy groups -OCH3 is 1. The Kier molecular flexibility index (Phi) is 7.63. The predicted octanol–water partition coefficient (Wildman–Crippen LogP) is 4.52. The summed E-state index contributed by atoms with van der Waals surface area (Å²) < 4.78 is 28.9. The summed E-state index contributed by atoms with van der Waals surface area (Å²) in [6.07, 6.45) is 3.92. The molecule has 7 nitrogen and oxygen atoms in total. The Balaban J connectivity index is 1.12. The summed E-state index contributed by atoms with van der Waals surface area (Å²) in [5, 5.41) is 1.58. The van der Waals surface area contributed by atoms with Crippen LogP contribution in [0.5, 0.6) is 5.75 Å². The molecule has 3 aromatic carbocycles. The first kappa shape index (κ1) is 26.5. The fourth-order valence-corrected chi connectivity index (χ4v) is 4.83. The van der Waals surface area contributed by atoms with E-state index < -0.39 is 0 Å². The molecule has 1 aliphatic carbocycles. The molecule has 7 heteroatoms. The number of hydrogen-bond acceptors (Lipinski definition) is 7. The molecule has 0 N–H and O–H groups in total. The van der Waals surface area contributed by atoms with Crippen molar-refractivity contribution in [3.05, 3.63) is 122 Å². The van der Waals surface area contributed by atoms with Crippen LogP contribution in [0.1, 0.15) is 6.42 Å². The topological polar surface area (TPSA) is 88.1 Å². The highest BCUT2D eigenvalue weighted by atomic mass is 16.6. The second kappa shape index (κ2) is 11.8. The lowest BCUT2D eigenvalue weighted by atomic mass is 10.0. The highest BCUT2D eigenvalue weighted by Gasteiger charge is 2.16. The SMILES string of the molecule is COC(COc1ccc2oc(=O)c(-c3ccccc3)cc2c1)COC1C=c2cc(-c3ccccc3)c(=O)oc2=CC1. The first-order valence-corrected chi connectivity index (χ1v) is 13.4. The first-order valence-electron chi connectivity index (χ1n) is 13.4. The van der Waals surface area contributed by atoms with Crippen LogP contribution in [0.2, 0.25) is 0 Å². The third-order valence-corrected chi connectivity index (χ3v) is 7.05. The molecule has 0 saturated carbocycles. The highest BCUT2D eigenvalue weighted by Crippen LogP contribution is 2.25. The largest absolute Gasteiger partial charge is 0.491 e. The molecule has 0 aliphatic heterocycles. The van der Waals surface area contributed by atoms with Gasteiger partial charge in [-0.05, 0) is 60.0 Å². The molecule has 0 spiro atoms. The second-order valence-electron chi connectivity index (χ2n) is 9.79. The van der Waals surface area contributed by atoms with E-state index in [1.165, 1.54) is 0 Å². The monoisotopic (exact) mass is 548 g/mol. The van der Waals surface area contributed by atoms with Gasteiger partial charge in [-0.25, -0.2) is 9.59 Å². The van der Waals surface area contributed by atoms with E-state index >= 15 is 0 Å². The molecule has 206 valence electrons. The van der Waals surface area contributed by atoms with Gasteiger partial charge in [-0.3, -0.25) is 0 Å². The van der Waals surface area contributed by atoms with Crippen molar-refractivity contribution in [3.63, 3.8) is 0 Å². The van der Waals surface area contributed by atoms with Crippen molar-refractivity contribution in [2.24, 2.45) is 0 Å². The van der Waals surface area contributed by atoms with Gasteiger partial charge in [0.05, 0.1) is 23.8 Å². The van der Waals surface area contributed by atoms with E-state index in [4.69, 9.17) is 23.0 Å². The van der Waals surface area contributed by atoms with Gasteiger partial charge in [0.2, 0.25) is 0 Å². The Morgan fingerprint density at radius 2 is 1.49 bits per heavy atom. The van der Waals surface area contributed by atoms with Crippen molar-refractivity contribution in [2.45, 2.75) is 18.6 Å². The molecular formula is C34H28O7. The number of rotatable bonds is 9. The number of benzene rings is 3. The van der Waals surface area contributed by atoms with E-state index in [1.54, 1.807) is 19.2 Å². The van der Waals surface area contributed by atoms with E-state index in [1.807, 2.05) is 91.0 Å². The minimum Gasteiger partial charge on any atom is -0.491 e. The molecule has 0 bridgehead atoms. The van der Waals surface area contributed by atoms with Crippen LogP contribution in [0.25, 0.3) is 45.4 Å². The van der Waals surface area contributed by atoms with E-state index in [0.29, 0.717) is 40.9 Å². The molecule has 0 saturated heterocycles. The van der Waals surface area contributed by atoms with Crippen LogP contribution in [-0.4, -0.2) is 32.5 Å². The smallest absolute Gasteiger partial charge is 0.344 e. The molecule has 6 rings (SSSR count). The zero-order valence-electron chi connectivity index (χ0n) is 22.4. The van der Waals surface area contributed by atoms with Gasteiger partial charge in [-0.1, -0.05) is 60.7 Å². The standard InChI is InChI=1S/C34H28O7/c1-37-28(20-38-26-12-14-31-24(16-26)18-29(33(35)40-31)22-8-4-2-5-9-22)21-39-27-13-15-32-25(17-27)19-30(34(36)41-32)23-10-6-3-7-11-23/h2-12,14-19,27-28H,13,20-21H2,1H3. The van der Waals surface area contributed by atoms with Gasteiger partial charge in [0, 0.05) is 17.7 Å². The van der Waals surface area contributed by atoms with Crippen LogP contribution in [0.4, 0.5) is 0 Å². The fraction of sp³-hybridized carbons (Fsp3) is 0.176. The normalized spacial score (nSPS) is 15.0. The van der Waals surface area contributed by atoms with Crippen LogP contribution in [0, 0.1) is 0 Å². The van der Waals surface area contributed by atoms with E-state index in [0.717, 1.165) is 21.7 Å². The van der Waals surface area contributed by atoms with Gasteiger partial charge >= 0.3 is 11.3 Å². The van der Waals surface area contributed by atoms with Gasteiger partial charge in [-0.15, -0.1) is 0 Å². The Morgan fingerprint density at radius 1 is 0.805 bits per heavy atom. The maximum absolute atomic E-state index is 12.5. The summed E-state index contributed by atoms with van der Waals surface area (Å²) in [6.45, 7) is 0.578. The van der Waals surface area contributed by atoms with E-state index in [2.05, 4.69) is 0 Å². The lowest BCUT2D eigenvalue weighted by Gasteiger charge is -2.20. The molecule has 2 atom stereocenters. The van der Waals surface area contributed by atoms with Crippen molar-refractivity contribution >= 4 is 23.1 Å².